The Morgan fingerprint density at radius 2 is 2.23 bits per heavy atom. The predicted molar refractivity (Wildman–Crippen MR) is 57.2 cm³/mol. The van der Waals surface area contributed by atoms with Gasteiger partial charge in [0.05, 0.1) is 10.7 Å². The van der Waals surface area contributed by atoms with Gasteiger partial charge in [-0.2, -0.15) is 5.10 Å². The summed E-state index contributed by atoms with van der Waals surface area (Å²) in [6.45, 7) is 0. The lowest BCUT2D eigenvalue weighted by atomic mass is 10.6. The number of hydrogen-bond acceptors (Lipinski definition) is 4. The summed E-state index contributed by atoms with van der Waals surface area (Å²) in [4.78, 5) is 7.89. The van der Waals surface area contributed by atoms with E-state index in [1.807, 2.05) is 0 Å². The predicted octanol–water partition coefficient (Wildman–Crippen LogP) is 0.406. The monoisotopic (exact) mass is 259 g/mol. The average molecular weight is 260 g/mol. The van der Waals surface area contributed by atoms with Crippen molar-refractivity contribution in [3.05, 3.63) is 22.7 Å². The number of thiocarbonyl (C=S) groups is 1. The Hall–Kier alpha value is -1.08. The van der Waals surface area contributed by atoms with E-state index in [0.29, 0.717) is 5.82 Å². The lowest BCUT2D eigenvalue weighted by Gasteiger charge is -1.93. The molecule has 0 aliphatic rings. The molecule has 0 unspecified atom stereocenters. The van der Waals surface area contributed by atoms with Gasteiger partial charge in [0.2, 0.25) is 0 Å². The first-order chi connectivity index (χ1) is 6.18. The molecule has 13 heavy (non-hydrogen) atoms. The molecule has 1 rings (SSSR count). The second-order valence-electron chi connectivity index (χ2n) is 1.99. The molecule has 0 bridgehead atoms. The molecule has 0 fully saturated rings. The molecule has 1 aromatic heterocycles. The Morgan fingerprint density at radius 1 is 1.62 bits per heavy atom. The number of hydrazone groups is 1. The first kappa shape index (κ1) is 10.0. The molecule has 68 valence electrons. The van der Waals surface area contributed by atoms with Gasteiger partial charge in [0.15, 0.2) is 10.9 Å². The van der Waals surface area contributed by atoms with E-state index in [1.165, 1.54) is 6.21 Å². The van der Waals surface area contributed by atoms with Crippen LogP contribution in [0.25, 0.3) is 0 Å². The molecule has 3 N–H and O–H groups in total. The van der Waals surface area contributed by atoms with Gasteiger partial charge < -0.3 is 5.73 Å². The number of nitrogens with zero attached hydrogens (tertiary/aromatic N) is 3. The van der Waals surface area contributed by atoms with Gasteiger partial charge >= 0.3 is 0 Å². The van der Waals surface area contributed by atoms with Crippen molar-refractivity contribution >= 4 is 39.5 Å². The number of halogens is 1. The zero-order valence-electron chi connectivity index (χ0n) is 6.44. The molecule has 7 heteroatoms. The van der Waals surface area contributed by atoms with Crippen molar-refractivity contribution in [2.75, 3.05) is 0 Å². The van der Waals surface area contributed by atoms with Crippen molar-refractivity contribution in [2.24, 2.45) is 10.8 Å². The number of hydrogen-bond donors (Lipinski definition) is 2. The Labute approximate surface area is 88.6 Å². The van der Waals surface area contributed by atoms with Crippen molar-refractivity contribution < 1.29 is 0 Å². The fourth-order valence-electron chi connectivity index (χ4n) is 0.543. The molecular weight excluding hydrogens is 254 g/mol. The molecule has 0 saturated heterocycles. The second kappa shape index (κ2) is 4.83. The third-order valence-electron chi connectivity index (χ3n) is 0.995. The van der Waals surface area contributed by atoms with Crippen molar-refractivity contribution in [3.63, 3.8) is 0 Å². The normalized spacial score (nSPS) is 10.2. The topological polar surface area (TPSA) is 76.2 Å². The minimum atomic E-state index is 0.105. The third kappa shape index (κ3) is 3.90. The highest BCUT2D eigenvalue weighted by molar-refractivity contribution is 9.10. The first-order valence-corrected chi connectivity index (χ1v) is 4.44. The van der Waals surface area contributed by atoms with E-state index < -0.39 is 0 Å². The van der Waals surface area contributed by atoms with Crippen LogP contribution in [0.1, 0.15) is 5.82 Å². The highest BCUT2D eigenvalue weighted by Gasteiger charge is 1.90. The van der Waals surface area contributed by atoms with Gasteiger partial charge in [0.1, 0.15) is 0 Å². The van der Waals surface area contributed by atoms with Crippen LogP contribution < -0.4 is 11.2 Å². The molecule has 0 radical (unpaired) electrons. The van der Waals surface area contributed by atoms with Crippen LogP contribution in [0, 0.1) is 0 Å². The molecule has 0 amide bonds. The lowest BCUT2D eigenvalue weighted by molar-refractivity contribution is 1.03. The number of nitrogens with one attached hydrogen (secondary N) is 1. The molecule has 0 aromatic carbocycles. The van der Waals surface area contributed by atoms with Crippen LogP contribution in [0.3, 0.4) is 0 Å². The summed E-state index contributed by atoms with van der Waals surface area (Å²) in [5, 5.41) is 3.79. The second-order valence-corrected chi connectivity index (χ2v) is 3.35. The standard InChI is InChI=1S/C6H6BrN5S/c7-4-1-9-5(10-2-4)3-11-12-6(8)13/h1-3H,(H3,8,12,13)/b11-3+. The highest BCUT2D eigenvalue weighted by atomic mass is 79.9. The van der Waals surface area contributed by atoms with Gasteiger partial charge in [0, 0.05) is 12.4 Å². The smallest absolute Gasteiger partial charge is 0.184 e. The Morgan fingerprint density at radius 3 is 2.77 bits per heavy atom. The highest BCUT2D eigenvalue weighted by Crippen LogP contribution is 2.02. The van der Waals surface area contributed by atoms with E-state index in [0.717, 1.165) is 4.47 Å². The quantitative estimate of drug-likeness (QED) is 0.457. The summed E-state index contributed by atoms with van der Waals surface area (Å²) in [5.41, 5.74) is 7.53. The van der Waals surface area contributed by atoms with Gasteiger partial charge in [-0.1, -0.05) is 0 Å². The summed E-state index contributed by atoms with van der Waals surface area (Å²) in [7, 11) is 0. The molecule has 1 heterocycles. The largest absolute Gasteiger partial charge is 0.375 e. The van der Waals surface area contributed by atoms with Gasteiger partial charge in [-0.15, -0.1) is 0 Å². The summed E-state index contributed by atoms with van der Waals surface area (Å²) >= 11 is 7.75. The van der Waals surface area contributed by atoms with Crippen LogP contribution in [-0.2, 0) is 0 Å². The Balaban J connectivity index is 2.59. The van der Waals surface area contributed by atoms with Crippen LogP contribution in [0.15, 0.2) is 22.0 Å². The minimum absolute atomic E-state index is 0.105. The maximum atomic E-state index is 5.14. The molecule has 0 spiro atoms. The summed E-state index contributed by atoms with van der Waals surface area (Å²) in [5.74, 6) is 0.479. The molecular formula is C6H6BrN5S. The fourth-order valence-corrected chi connectivity index (χ4v) is 0.800. The summed E-state index contributed by atoms with van der Waals surface area (Å²) in [6.07, 6.45) is 4.66. The van der Waals surface area contributed by atoms with Crippen LogP contribution in [0.4, 0.5) is 0 Å². The first-order valence-electron chi connectivity index (χ1n) is 3.24. The number of nitrogens with two attached hydrogens (primary N) is 1. The zero-order chi connectivity index (χ0) is 9.68. The molecule has 0 aliphatic heterocycles. The maximum absolute atomic E-state index is 5.14. The van der Waals surface area contributed by atoms with Gasteiger partial charge in [-0.3, -0.25) is 5.43 Å². The van der Waals surface area contributed by atoms with E-state index in [4.69, 9.17) is 5.73 Å². The van der Waals surface area contributed by atoms with Crippen LogP contribution >= 0.6 is 28.1 Å². The van der Waals surface area contributed by atoms with Crippen molar-refractivity contribution in [2.45, 2.75) is 0 Å². The zero-order valence-corrected chi connectivity index (χ0v) is 8.84. The van der Waals surface area contributed by atoms with Gasteiger partial charge in [-0.25, -0.2) is 9.97 Å². The molecule has 1 aromatic rings. The van der Waals surface area contributed by atoms with Crippen molar-refractivity contribution in [1.29, 1.82) is 0 Å². The molecule has 0 saturated carbocycles. The van der Waals surface area contributed by atoms with E-state index in [-0.39, 0.29) is 5.11 Å². The van der Waals surface area contributed by atoms with Crippen molar-refractivity contribution in [1.82, 2.24) is 15.4 Å². The van der Waals surface area contributed by atoms with E-state index in [2.05, 4.69) is 48.6 Å². The van der Waals surface area contributed by atoms with Crippen molar-refractivity contribution in [3.8, 4) is 0 Å². The Bertz CT molecular complexity index is 322. The van der Waals surface area contributed by atoms with E-state index in [9.17, 15) is 0 Å². The van der Waals surface area contributed by atoms with Gasteiger partial charge in [0.25, 0.3) is 0 Å². The van der Waals surface area contributed by atoms with E-state index in [1.54, 1.807) is 12.4 Å². The molecule has 0 atom stereocenters. The van der Waals surface area contributed by atoms with Crippen LogP contribution in [0.2, 0.25) is 0 Å². The molecule has 5 nitrogen and oxygen atoms in total. The van der Waals surface area contributed by atoms with E-state index >= 15 is 0 Å². The Kier molecular flexibility index (Phi) is 3.71. The van der Waals surface area contributed by atoms with Gasteiger partial charge in [-0.05, 0) is 28.1 Å². The SMILES string of the molecule is NC(=S)N/N=C/c1ncc(Br)cn1. The lowest BCUT2D eigenvalue weighted by Crippen LogP contribution is -2.24. The summed E-state index contributed by atoms with van der Waals surface area (Å²) < 4.78 is 0.812. The molecule has 0 aliphatic carbocycles. The number of rotatable bonds is 2. The fraction of sp³-hybridized carbons (Fsp3) is 0. The average Bonchev–Trinajstić information content (AvgIpc) is 2.08. The van der Waals surface area contributed by atoms with Crippen LogP contribution in [-0.4, -0.2) is 21.3 Å². The number of aromatic nitrogens is 2. The van der Waals surface area contributed by atoms with Crippen LogP contribution in [0.5, 0.6) is 0 Å². The minimum Gasteiger partial charge on any atom is -0.375 e. The third-order valence-corrected chi connectivity index (χ3v) is 1.50. The maximum Gasteiger partial charge on any atom is 0.184 e. The summed E-state index contributed by atoms with van der Waals surface area (Å²) in [6, 6.07) is 0.